The van der Waals surface area contributed by atoms with E-state index in [-0.39, 0.29) is 31.4 Å². The summed E-state index contributed by atoms with van der Waals surface area (Å²) in [6.07, 6.45) is -0.0683. The molecule has 110 valence electrons. The molecule has 1 unspecified atom stereocenters. The molecule has 3 rings (SSSR count). The summed E-state index contributed by atoms with van der Waals surface area (Å²) >= 11 is 0. The van der Waals surface area contributed by atoms with Crippen LogP contribution in [0.2, 0.25) is 0 Å². The van der Waals surface area contributed by atoms with Crippen LogP contribution in [0.5, 0.6) is 11.5 Å². The molecule has 0 aromatic heterocycles. The number of nitrogens with zero attached hydrogens (tertiary/aromatic N) is 1. The number of carbonyl (C=O) groups excluding carboxylic acids is 2. The van der Waals surface area contributed by atoms with Gasteiger partial charge >= 0.3 is 5.97 Å². The van der Waals surface area contributed by atoms with E-state index in [1.54, 1.807) is 6.07 Å². The lowest BCUT2D eigenvalue weighted by molar-refractivity contribution is -0.141. The van der Waals surface area contributed by atoms with Crippen molar-refractivity contribution in [2.75, 3.05) is 18.2 Å². The average Bonchev–Trinajstić information content (AvgIpc) is 3.02. The van der Waals surface area contributed by atoms with Gasteiger partial charge in [-0.1, -0.05) is 0 Å². The molecule has 0 saturated carbocycles. The van der Waals surface area contributed by atoms with Gasteiger partial charge in [0.15, 0.2) is 17.3 Å². The molecule has 2 heterocycles. The van der Waals surface area contributed by atoms with Gasteiger partial charge in [0.05, 0.1) is 11.6 Å². The molecular formula is C14H13NO6. The molecule has 0 bridgehead atoms. The van der Waals surface area contributed by atoms with Crippen molar-refractivity contribution in [2.45, 2.75) is 13.3 Å². The van der Waals surface area contributed by atoms with Gasteiger partial charge < -0.3 is 19.5 Å². The van der Waals surface area contributed by atoms with Crippen molar-refractivity contribution < 1.29 is 29.0 Å². The topological polar surface area (TPSA) is 93.1 Å². The number of ether oxygens (including phenoxy) is 2. The minimum absolute atomic E-state index is 0.0497. The van der Waals surface area contributed by atoms with Crippen LogP contribution in [0.1, 0.15) is 23.7 Å². The van der Waals surface area contributed by atoms with Crippen LogP contribution < -0.4 is 14.4 Å². The summed E-state index contributed by atoms with van der Waals surface area (Å²) in [5.74, 6) is -1.43. The van der Waals surface area contributed by atoms with Gasteiger partial charge in [-0.15, -0.1) is 0 Å². The molecule has 2 aliphatic heterocycles. The van der Waals surface area contributed by atoms with Crippen LogP contribution in [0.25, 0.3) is 0 Å². The Hall–Kier alpha value is -2.57. The quantitative estimate of drug-likeness (QED) is 0.837. The molecular weight excluding hydrogens is 278 g/mol. The first kappa shape index (κ1) is 13.4. The van der Waals surface area contributed by atoms with Crippen molar-refractivity contribution in [1.82, 2.24) is 0 Å². The number of carboxylic acids is 1. The van der Waals surface area contributed by atoms with Crippen LogP contribution in [0.4, 0.5) is 5.69 Å². The molecule has 1 amide bonds. The van der Waals surface area contributed by atoms with Gasteiger partial charge in [0, 0.05) is 24.6 Å². The second-order valence-corrected chi connectivity index (χ2v) is 5.02. The number of ketones is 1. The highest BCUT2D eigenvalue weighted by atomic mass is 16.7. The van der Waals surface area contributed by atoms with Gasteiger partial charge in [-0.2, -0.15) is 0 Å². The zero-order valence-electron chi connectivity index (χ0n) is 11.3. The third-order valence-corrected chi connectivity index (χ3v) is 3.64. The summed E-state index contributed by atoms with van der Waals surface area (Å²) in [4.78, 5) is 36.2. The summed E-state index contributed by atoms with van der Waals surface area (Å²) in [5, 5.41) is 9.04. The summed E-state index contributed by atoms with van der Waals surface area (Å²) in [6, 6.07) is 3.09. The Morgan fingerprint density at radius 2 is 1.95 bits per heavy atom. The Morgan fingerprint density at radius 3 is 2.52 bits per heavy atom. The highest BCUT2D eigenvalue weighted by molar-refractivity contribution is 6.07. The van der Waals surface area contributed by atoms with Crippen LogP contribution in [0.15, 0.2) is 12.1 Å². The molecule has 1 fully saturated rings. The Morgan fingerprint density at radius 1 is 1.29 bits per heavy atom. The fourth-order valence-electron chi connectivity index (χ4n) is 2.54. The average molecular weight is 291 g/mol. The molecule has 21 heavy (non-hydrogen) atoms. The minimum Gasteiger partial charge on any atom is -0.481 e. The summed E-state index contributed by atoms with van der Waals surface area (Å²) in [5.41, 5.74) is 0.694. The number of carboxylic acid groups (broad SMARTS) is 1. The van der Waals surface area contributed by atoms with Crippen LogP contribution >= 0.6 is 0 Å². The van der Waals surface area contributed by atoms with Crippen molar-refractivity contribution in [3.8, 4) is 11.5 Å². The monoisotopic (exact) mass is 291 g/mol. The van der Waals surface area contributed by atoms with E-state index >= 15 is 0 Å². The minimum atomic E-state index is -1.02. The maximum Gasteiger partial charge on any atom is 0.308 e. The molecule has 7 nitrogen and oxygen atoms in total. The summed E-state index contributed by atoms with van der Waals surface area (Å²) < 4.78 is 10.5. The van der Waals surface area contributed by atoms with Crippen LogP contribution in [0, 0.1) is 5.92 Å². The lowest BCUT2D eigenvalue weighted by Crippen LogP contribution is -2.27. The Labute approximate surface area is 120 Å². The number of anilines is 1. The number of hydrogen-bond donors (Lipinski definition) is 1. The molecule has 2 aliphatic rings. The SMILES string of the molecule is CC(=O)c1cc2c(cc1N1CC(C(=O)O)CC1=O)OCO2. The van der Waals surface area contributed by atoms with E-state index in [9.17, 15) is 14.4 Å². The number of hydrogen-bond acceptors (Lipinski definition) is 5. The standard InChI is InChI=1S/C14H13NO6/c1-7(16)9-3-11-12(21-6-20-11)4-10(9)15-5-8(14(18)19)2-13(15)17/h3-4,8H,2,5-6H2,1H3,(H,18,19). The lowest BCUT2D eigenvalue weighted by atomic mass is 10.1. The molecule has 7 heteroatoms. The highest BCUT2D eigenvalue weighted by Gasteiger charge is 2.37. The first-order valence-electron chi connectivity index (χ1n) is 6.45. The largest absolute Gasteiger partial charge is 0.481 e. The highest BCUT2D eigenvalue weighted by Crippen LogP contribution is 2.40. The number of fused-ring (bicyclic) bond motifs is 1. The van der Waals surface area contributed by atoms with Gasteiger partial charge in [-0.05, 0) is 13.0 Å². The van der Waals surface area contributed by atoms with Crippen molar-refractivity contribution in [1.29, 1.82) is 0 Å². The maximum absolute atomic E-state index is 12.0. The summed E-state index contributed by atoms with van der Waals surface area (Å²) in [7, 11) is 0. The first-order valence-corrected chi connectivity index (χ1v) is 6.45. The lowest BCUT2D eigenvalue weighted by Gasteiger charge is -2.19. The van der Waals surface area contributed by atoms with E-state index in [0.717, 1.165) is 0 Å². The van der Waals surface area contributed by atoms with Gasteiger partial charge in [0.2, 0.25) is 12.7 Å². The van der Waals surface area contributed by atoms with Crippen molar-refractivity contribution in [2.24, 2.45) is 5.92 Å². The predicted octanol–water partition coefficient (Wildman–Crippen LogP) is 1.06. The second kappa shape index (κ2) is 4.76. The van der Waals surface area contributed by atoms with E-state index in [1.165, 1.54) is 17.9 Å². The van der Waals surface area contributed by atoms with Crippen molar-refractivity contribution in [3.05, 3.63) is 17.7 Å². The molecule has 1 saturated heterocycles. The van der Waals surface area contributed by atoms with E-state index in [1.807, 2.05) is 0 Å². The van der Waals surface area contributed by atoms with E-state index in [0.29, 0.717) is 22.7 Å². The molecule has 1 aromatic rings. The molecule has 1 atom stereocenters. The van der Waals surface area contributed by atoms with Crippen molar-refractivity contribution >= 4 is 23.3 Å². The second-order valence-electron chi connectivity index (χ2n) is 5.02. The van der Waals surface area contributed by atoms with E-state index in [4.69, 9.17) is 14.6 Å². The first-order chi connectivity index (χ1) is 9.97. The number of rotatable bonds is 3. The molecule has 0 spiro atoms. The van der Waals surface area contributed by atoms with Gasteiger partial charge in [0.25, 0.3) is 0 Å². The number of carbonyl (C=O) groups is 3. The third kappa shape index (κ3) is 2.20. The number of benzene rings is 1. The Kier molecular flexibility index (Phi) is 3.04. The third-order valence-electron chi connectivity index (χ3n) is 3.64. The van der Waals surface area contributed by atoms with Crippen LogP contribution in [-0.2, 0) is 9.59 Å². The van der Waals surface area contributed by atoms with Crippen LogP contribution in [0.3, 0.4) is 0 Å². The molecule has 1 N–H and O–H groups in total. The van der Waals surface area contributed by atoms with Crippen LogP contribution in [-0.4, -0.2) is 36.1 Å². The molecule has 0 radical (unpaired) electrons. The van der Waals surface area contributed by atoms with Gasteiger partial charge in [0.1, 0.15) is 0 Å². The molecule has 1 aromatic carbocycles. The Bertz CT molecular complexity index is 653. The smallest absolute Gasteiger partial charge is 0.308 e. The van der Waals surface area contributed by atoms with E-state index in [2.05, 4.69) is 0 Å². The zero-order chi connectivity index (χ0) is 15.1. The number of amides is 1. The van der Waals surface area contributed by atoms with Gasteiger partial charge in [-0.3, -0.25) is 14.4 Å². The number of Topliss-reactive ketones (excluding diaryl/α,β-unsaturated/α-hetero) is 1. The fourth-order valence-corrected chi connectivity index (χ4v) is 2.54. The maximum atomic E-state index is 12.0. The zero-order valence-corrected chi connectivity index (χ0v) is 11.3. The molecule has 0 aliphatic carbocycles. The fraction of sp³-hybridized carbons (Fsp3) is 0.357. The number of aliphatic carboxylic acids is 1. The van der Waals surface area contributed by atoms with Gasteiger partial charge in [-0.25, -0.2) is 0 Å². The van der Waals surface area contributed by atoms with E-state index < -0.39 is 11.9 Å². The van der Waals surface area contributed by atoms with Crippen molar-refractivity contribution in [3.63, 3.8) is 0 Å². The summed E-state index contributed by atoms with van der Waals surface area (Å²) in [6.45, 7) is 1.49. The predicted molar refractivity (Wildman–Crippen MR) is 70.7 cm³/mol. The Balaban J connectivity index is 2.03. The normalized spacial score (nSPS) is 20.0.